The first kappa shape index (κ1) is 17.1. The first-order valence-electron chi connectivity index (χ1n) is 6.82. The number of allylic oxidation sites excluding steroid dienone is 1. The first-order chi connectivity index (χ1) is 11.3. The highest BCUT2D eigenvalue weighted by Crippen LogP contribution is 2.21. The molecule has 2 aromatic carbocycles. The minimum atomic E-state index is -0.0701. The Morgan fingerprint density at radius 3 is 2.83 bits per heavy atom. The van der Waals surface area contributed by atoms with Crippen LogP contribution in [-0.4, -0.2) is 15.9 Å². The SMILES string of the molecule is C=CCSC(=NC#N)S/C=C/C(=O)c1cccc2ccccc12. The summed E-state index contributed by atoms with van der Waals surface area (Å²) in [4.78, 5) is 16.1. The third-order valence-corrected chi connectivity index (χ3v) is 4.86. The van der Waals surface area contributed by atoms with Crippen LogP contribution in [0.1, 0.15) is 10.4 Å². The number of hydrogen-bond donors (Lipinski definition) is 0. The van der Waals surface area contributed by atoms with Crippen LogP contribution in [0.5, 0.6) is 0 Å². The predicted octanol–water partition coefficient (Wildman–Crippen LogP) is 5.03. The van der Waals surface area contributed by atoms with E-state index in [-0.39, 0.29) is 5.78 Å². The van der Waals surface area contributed by atoms with Crippen LogP contribution in [0.3, 0.4) is 0 Å². The summed E-state index contributed by atoms with van der Waals surface area (Å²) in [7, 11) is 0. The van der Waals surface area contributed by atoms with E-state index < -0.39 is 0 Å². The zero-order valence-electron chi connectivity index (χ0n) is 12.3. The number of fused-ring (bicyclic) bond motifs is 1. The van der Waals surface area contributed by atoms with Gasteiger partial charge in [0.05, 0.1) is 0 Å². The van der Waals surface area contributed by atoms with E-state index in [0.717, 1.165) is 10.8 Å². The van der Waals surface area contributed by atoms with Gasteiger partial charge in [0.1, 0.15) is 4.38 Å². The van der Waals surface area contributed by atoms with Crippen molar-refractivity contribution in [1.82, 2.24) is 0 Å². The van der Waals surface area contributed by atoms with Crippen molar-refractivity contribution in [3.05, 3.63) is 72.2 Å². The Morgan fingerprint density at radius 2 is 2.04 bits per heavy atom. The molecule has 0 fully saturated rings. The van der Waals surface area contributed by atoms with Gasteiger partial charge >= 0.3 is 0 Å². The van der Waals surface area contributed by atoms with E-state index in [1.54, 1.807) is 17.7 Å². The lowest BCUT2D eigenvalue weighted by atomic mass is 10.0. The van der Waals surface area contributed by atoms with Crippen molar-refractivity contribution >= 4 is 44.5 Å². The molecule has 23 heavy (non-hydrogen) atoms. The molecule has 0 aliphatic heterocycles. The lowest BCUT2D eigenvalue weighted by Gasteiger charge is -2.03. The summed E-state index contributed by atoms with van der Waals surface area (Å²) < 4.78 is 0.592. The normalized spacial score (nSPS) is 11.5. The summed E-state index contributed by atoms with van der Waals surface area (Å²) in [6.07, 6.45) is 5.01. The van der Waals surface area contributed by atoms with Gasteiger partial charge in [-0.1, -0.05) is 72.1 Å². The molecule has 0 atom stereocenters. The lowest BCUT2D eigenvalue weighted by molar-refractivity contribution is 0.104. The fraction of sp³-hybridized carbons (Fsp3) is 0.0556. The molecule has 5 heteroatoms. The molecule has 0 spiro atoms. The van der Waals surface area contributed by atoms with Crippen LogP contribution in [0.4, 0.5) is 0 Å². The molecule has 0 amide bonds. The van der Waals surface area contributed by atoms with Crippen molar-refractivity contribution in [3.63, 3.8) is 0 Å². The molecule has 0 unspecified atom stereocenters. The second-order valence-electron chi connectivity index (χ2n) is 4.39. The number of carbonyl (C=O) groups excluding carboxylic acids is 1. The highest BCUT2D eigenvalue weighted by atomic mass is 32.2. The number of rotatable bonds is 5. The Morgan fingerprint density at radius 1 is 1.26 bits per heavy atom. The van der Waals surface area contributed by atoms with Crippen LogP contribution in [-0.2, 0) is 0 Å². The predicted molar refractivity (Wildman–Crippen MR) is 101 cm³/mol. The molecule has 114 valence electrons. The van der Waals surface area contributed by atoms with Crippen molar-refractivity contribution in [2.24, 2.45) is 4.99 Å². The zero-order chi connectivity index (χ0) is 16.5. The molecular weight excluding hydrogens is 324 g/mol. The van der Waals surface area contributed by atoms with Gasteiger partial charge < -0.3 is 0 Å². The molecule has 0 radical (unpaired) electrons. The van der Waals surface area contributed by atoms with Crippen molar-refractivity contribution in [1.29, 1.82) is 5.26 Å². The minimum Gasteiger partial charge on any atom is -0.289 e. The molecule has 0 bridgehead atoms. The van der Waals surface area contributed by atoms with E-state index in [9.17, 15) is 4.79 Å². The van der Waals surface area contributed by atoms with Crippen LogP contribution < -0.4 is 0 Å². The molecule has 0 heterocycles. The Bertz CT molecular complexity index is 814. The molecule has 2 aromatic rings. The maximum absolute atomic E-state index is 12.4. The van der Waals surface area contributed by atoms with Crippen LogP contribution in [0.2, 0.25) is 0 Å². The number of nitrogens with zero attached hydrogens (tertiary/aromatic N) is 2. The number of benzene rings is 2. The van der Waals surface area contributed by atoms with Crippen LogP contribution in [0.15, 0.2) is 71.6 Å². The molecule has 0 aliphatic carbocycles. The molecule has 0 saturated heterocycles. The summed E-state index contributed by atoms with van der Waals surface area (Å²) in [5.74, 6) is 0.595. The van der Waals surface area contributed by atoms with E-state index in [1.165, 1.54) is 29.6 Å². The van der Waals surface area contributed by atoms with Gasteiger partial charge in [-0.3, -0.25) is 4.79 Å². The third-order valence-electron chi connectivity index (χ3n) is 2.91. The summed E-state index contributed by atoms with van der Waals surface area (Å²) in [6.45, 7) is 3.63. The standard InChI is InChI=1S/C18H14N2OS2/c1-2-11-22-18(20-13-19)23-12-10-17(21)16-9-5-7-14-6-3-4-8-15(14)16/h2-10,12H,1,11H2/b12-10+,20-18?. The Kier molecular flexibility index (Phi) is 6.67. The van der Waals surface area contributed by atoms with Gasteiger partial charge in [-0.25, -0.2) is 0 Å². The van der Waals surface area contributed by atoms with Crippen molar-refractivity contribution < 1.29 is 4.79 Å². The van der Waals surface area contributed by atoms with Crippen LogP contribution in [0, 0.1) is 11.5 Å². The topological polar surface area (TPSA) is 53.2 Å². The Balaban J connectivity index is 2.13. The van der Waals surface area contributed by atoms with Gasteiger partial charge in [0, 0.05) is 11.3 Å². The number of nitriles is 1. The fourth-order valence-corrected chi connectivity index (χ4v) is 3.36. The van der Waals surface area contributed by atoms with Gasteiger partial charge in [0.25, 0.3) is 0 Å². The summed E-state index contributed by atoms with van der Waals surface area (Å²) in [6, 6.07) is 13.5. The fourth-order valence-electron chi connectivity index (χ4n) is 1.95. The first-order valence-corrected chi connectivity index (χ1v) is 8.68. The molecule has 3 nitrogen and oxygen atoms in total. The van der Waals surface area contributed by atoms with E-state index in [2.05, 4.69) is 11.6 Å². The maximum Gasteiger partial charge on any atom is 0.207 e. The van der Waals surface area contributed by atoms with Gasteiger partial charge in [-0.2, -0.15) is 10.3 Å². The number of carbonyl (C=O) groups is 1. The molecular formula is C18H14N2OS2. The van der Waals surface area contributed by atoms with Crippen molar-refractivity contribution in [2.45, 2.75) is 0 Å². The van der Waals surface area contributed by atoms with E-state index >= 15 is 0 Å². The summed E-state index contributed by atoms with van der Waals surface area (Å²) >= 11 is 2.66. The monoisotopic (exact) mass is 338 g/mol. The Labute approximate surface area is 143 Å². The third kappa shape index (κ3) is 4.85. The zero-order valence-corrected chi connectivity index (χ0v) is 13.9. The molecule has 0 N–H and O–H groups in total. The van der Waals surface area contributed by atoms with Crippen LogP contribution in [0.25, 0.3) is 10.8 Å². The number of ketones is 1. The average molecular weight is 338 g/mol. The largest absolute Gasteiger partial charge is 0.289 e. The van der Waals surface area contributed by atoms with Crippen molar-refractivity contribution in [2.75, 3.05) is 5.75 Å². The smallest absolute Gasteiger partial charge is 0.207 e. The molecule has 0 aliphatic rings. The lowest BCUT2D eigenvalue weighted by Crippen LogP contribution is -1.95. The summed E-state index contributed by atoms with van der Waals surface area (Å²) in [5.41, 5.74) is 0.664. The van der Waals surface area contributed by atoms with Gasteiger partial charge in [0.2, 0.25) is 6.19 Å². The number of hydrogen-bond acceptors (Lipinski definition) is 5. The molecule has 2 rings (SSSR count). The number of aliphatic imine (C=N–C) groups is 1. The number of thioether (sulfide) groups is 2. The molecule has 0 aromatic heterocycles. The highest BCUT2D eigenvalue weighted by molar-refractivity contribution is 8.40. The molecule has 0 saturated carbocycles. The highest BCUT2D eigenvalue weighted by Gasteiger charge is 2.06. The van der Waals surface area contributed by atoms with Gasteiger partial charge in [0.15, 0.2) is 5.78 Å². The van der Waals surface area contributed by atoms with Crippen molar-refractivity contribution in [3.8, 4) is 6.19 Å². The van der Waals surface area contributed by atoms with E-state index in [1.807, 2.05) is 42.5 Å². The maximum atomic E-state index is 12.4. The van der Waals surface area contributed by atoms with Gasteiger partial charge in [-0.05, 0) is 22.3 Å². The Hall–Kier alpha value is -2.29. The average Bonchev–Trinajstić information content (AvgIpc) is 2.59. The quantitative estimate of drug-likeness (QED) is 0.192. The van der Waals surface area contributed by atoms with Crippen LogP contribution >= 0.6 is 23.5 Å². The second-order valence-corrected chi connectivity index (χ2v) is 6.55. The second kappa shape index (κ2) is 8.99. The van der Waals surface area contributed by atoms with E-state index in [4.69, 9.17) is 5.26 Å². The minimum absolute atomic E-state index is 0.0701. The van der Waals surface area contributed by atoms with Gasteiger partial charge in [-0.15, -0.1) is 6.58 Å². The summed E-state index contributed by atoms with van der Waals surface area (Å²) in [5, 5.41) is 12.3. The van der Waals surface area contributed by atoms with E-state index in [0.29, 0.717) is 15.7 Å².